The van der Waals surface area contributed by atoms with Crippen molar-refractivity contribution in [1.29, 1.82) is 0 Å². The van der Waals surface area contributed by atoms with Crippen LogP contribution in [0.2, 0.25) is 0 Å². The first-order valence-electron chi connectivity index (χ1n) is 14.1. The number of aliphatic hydroxyl groups excluding tert-OH is 2. The van der Waals surface area contributed by atoms with Gasteiger partial charge in [0.2, 0.25) is 18.1 Å². The first kappa shape index (κ1) is 33.2. The van der Waals surface area contributed by atoms with Gasteiger partial charge in [-0.2, -0.15) is 20.2 Å². The van der Waals surface area contributed by atoms with Crippen molar-refractivity contribution in [2.24, 2.45) is 11.8 Å². The highest BCUT2D eigenvalue weighted by molar-refractivity contribution is 8.00. The first-order valence-corrected chi connectivity index (χ1v) is 16.6. The van der Waals surface area contributed by atoms with E-state index in [4.69, 9.17) is 14.0 Å². The molecule has 1 aromatic rings. The van der Waals surface area contributed by atoms with Gasteiger partial charge in [0, 0.05) is 30.4 Å². The van der Waals surface area contributed by atoms with Crippen molar-refractivity contribution in [1.82, 2.24) is 26.3 Å². The number of urea groups is 1. The largest absolute Gasteiger partial charge is 0.461 e. The molecule has 15 nitrogen and oxygen atoms in total. The Labute approximate surface area is 254 Å². The third kappa shape index (κ3) is 8.48. The smallest absolute Gasteiger partial charge is 0.315 e. The van der Waals surface area contributed by atoms with Crippen molar-refractivity contribution in [3.63, 3.8) is 0 Å². The Morgan fingerprint density at radius 3 is 2.63 bits per heavy atom. The highest BCUT2D eigenvalue weighted by Gasteiger charge is 2.46. The average molecular weight is 646 g/mol. The lowest BCUT2D eigenvalue weighted by atomic mass is 9.91. The summed E-state index contributed by atoms with van der Waals surface area (Å²) in [6.45, 7) is 4.94. The van der Waals surface area contributed by atoms with E-state index in [1.54, 1.807) is 0 Å². The predicted octanol–water partition coefficient (Wildman–Crippen LogP) is -0.617. The minimum atomic E-state index is -4.53. The number of nitrogens with zero attached hydrogens (tertiary/aromatic N) is 1. The van der Waals surface area contributed by atoms with E-state index in [2.05, 4.69) is 33.2 Å². The van der Waals surface area contributed by atoms with Crippen LogP contribution in [0.15, 0.2) is 23.4 Å². The van der Waals surface area contributed by atoms with Gasteiger partial charge in [0.25, 0.3) is 0 Å². The van der Waals surface area contributed by atoms with Crippen LogP contribution in [-0.4, -0.2) is 106 Å². The molecular formula is C26H39N5O10S2. The number of thioether (sulfide) groups is 1. The Kier molecular flexibility index (Phi) is 10.8. The lowest BCUT2D eigenvalue weighted by molar-refractivity contribution is -0.236. The van der Waals surface area contributed by atoms with Crippen LogP contribution in [0.1, 0.15) is 40.0 Å². The Balaban J connectivity index is 1.30. The van der Waals surface area contributed by atoms with Gasteiger partial charge < -0.3 is 41.0 Å². The fourth-order valence-corrected chi connectivity index (χ4v) is 7.55. The van der Waals surface area contributed by atoms with E-state index in [1.807, 2.05) is 18.7 Å². The number of nitrogens with one attached hydrogen (secondary N) is 4. The zero-order chi connectivity index (χ0) is 31.5. The molecule has 3 aliphatic heterocycles. The molecule has 3 saturated heterocycles. The number of carbonyl (C=O) groups excluding carboxylic acids is 3. The molecule has 0 aromatic carbocycles. The van der Waals surface area contributed by atoms with Crippen LogP contribution in [-0.2, 0) is 24.4 Å². The van der Waals surface area contributed by atoms with Crippen molar-refractivity contribution in [3.05, 3.63) is 18.3 Å². The monoisotopic (exact) mass is 645 g/mol. The minimum Gasteiger partial charge on any atom is -0.461 e. The van der Waals surface area contributed by atoms with Crippen molar-refractivity contribution in [3.8, 4) is 5.75 Å². The van der Waals surface area contributed by atoms with Crippen LogP contribution >= 0.6 is 11.8 Å². The molecule has 0 bridgehead atoms. The summed E-state index contributed by atoms with van der Waals surface area (Å²) >= 11 is 1.85. The third-order valence-electron chi connectivity index (χ3n) is 7.86. The highest BCUT2D eigenvalue weighted by atomic mass is 32.2. The van der Waals surface area contributed by atoms with Crippen LogP contribution in [0.5, 0.6) is 5.75 Å². The zero-order valence-electron chi connectivity index (χ0n) is 24.0. The molecule has 0 aliphatic carbocycles. The fraction of sp³-hybridized carbons (Fsp3) is 0.692. The van der Waals surface area contributed by atoms with E-state index >= 15 is 0 Å². The summed E-state index contributed by atoms with van der Waals surface area (Å²) in [4.78, 5) is 39.9. The number of rotatable bonds is 12. The number of aliphatic hydroxyl groups is 2. The topological polar surface area (TPSA) is 226 Å². The molecule has 5 unspecified atom stereocenters. The molecule has 4 heterocycles. The van der Waals surface area contributed by atoms with Gasteiger partial charge in [0.1, 0.15) is 30.1 Å². The Morgan fingerprint density at radius 1 is 1.23 bits per heavy atom. The molecule has 10 atom stereocenters. The molecule has 240 valence electrons. The molecule has 17 heteroatoms. The molecule has 3 aliphatic rings. The Bertz CT molecular complexity index is 1270. The number of hydrogen-bond donors (Lipinski definition) is 7. The van der Waals surface area contributed by atoms with Gasteiger partial charge in [-0.05, 0) is 37.3 Å². The van der Waals surface area contributed by atoms with Gasteiger partial charge in [-0.3, -0.25) is 14.1 Å². The summed E-state index contributed by atoms with van der Waals surface area (Å²) in [5.74, 6) is 0.00885. The van der Waals surface area contributed by atoms with Crippen molar-refractivity contribution in [2.75, 3.05) is 12.3 Å². The van der Waals surface area contributed by atoms with E-state index in [0.29, 0.717) is 11.7 Å². The van der Waals surface area contributed by atoms with E-state index in [0.717, 1.165) is 30.9 Å². The van der Waals surface area contributed by atoms with E-state index in [1.165, 1.54) is 13.0 Å². The second-order valence-electron chi connectivity index (χ2n) is 11.4. The SMILES string of the molecule is CC(=O)NC1C(O)[C@H](O)C(CNC(=O)C(C)CC(C)CC[C@@H]2SC[C@@H]3NC(=O)N[C@@H]32)O[C@H]1Oc1ccc(S(=O)(=O)O)nc1. The molecule has 7 N–H and O–H groups in total. The quantitative estimate of drug-likeness (QED) is 0.112. The third-order valence-corrected chi connectivity index (χ3v) is 10.1. The number of amides is 4. The molecule has 43 heavy (non-hydrogen) atoms. The molecular weight excluding hydrogens is 606 g/mol. The first-order chi connectivity index (χ1) is 20.2. The predicted molar refractivity (Wildman–Crippen MR) is 154 cm³/mol. The molecule has 3 fully saturated rings. The van der Waals surface area contributed by atoms with E-state index in [-0.39, 0.29) is 48.2 Å². The molecule has 0 saturated carbocycles. The van der Waals surface area contributed by atoms with Crippen LogP contribution in [0.3, 0.4) is 0 Å². The Morgan fingerprint density at radius 2 is 1.98 bits per heavy atom. The minimum absolute atomic E-state index is 0.000151. The second kappa shape index (κ2) is 13.9. The van der Waals surface area contributed by atoms with Crippen LogP contribution < -0.4 is 26.0 Å². The highest BCUT2D eigenvalue weighted by Crippen LogP contribution is 2.34. The van der Waals surface area contributed by atoms with E-state index < -0.39 is 51.7 Å². The number of pyridine rings is 1. The van der Waals surface area contributed by atoms with Gasteiger partial charge in [-0.15, -0.1) is 0 Å². The average Bonchev–Trinajstić information content (AvgIpc) is 3.49. The van der Waals surface area contributed by atoms with Gasteiger partial charge in [0.05, 0.1) is 18.3 Å². The standard InChI is InChI=1S/C26H39N5O10S2/c1-12(4-6-18-20-16(11-42-18)30-26(36)31-20)8-13(2)24(35)28-10-17-22(33)23(34)21(29-14(3)32)25(41-17)40-15-5-7-19(27-9-15)43(37,38)39/h5,7,9,12-13,16-18,20-23,25,33-34H,4,6,8,10-11H2,1-3H3,(H,28,35)(H,29,32)(H2,30,31,36)(H,37,38,39)/t12?,13?,16-,17?,18-,20-,21?,22+,23?,25+/m0/s1. The molecule has 1 aromatic heterocycles. The summed E-state index contributed by atoms with van der Waals surface area (Å²) in [6, 6.07) is 1.17. The van der Waals surface area contributed by atoms with Gasteiger partial charge in [-0.1, -0.05) is 13.8 Å². The number of carbonyl (C=O) groups is 3. The molecule has 0 spiro atoms. The summed E-state index contributed by atoms with van der Waals surface area (Å²) in [7, 11) is -4.53. The maximum atomic E-state index is 12.9. The van der Waals surface area contributed by atoms with Gasteiger partial charge >= 0.3 is 16.1 Å². The van der Waals surface area contributed by atoms with Crippen LogP contribution in [0, 0.1) is 11.8 Å². The van der Waals surface area contributed by atoms with Crippen LogP contribution in [0.4, 0.5) is 4.79 Å². The fourth-order valence-electron chi connectivity index (χ4n) is 5.61. The number of hydrogen-bond acceptors (Lipinski definition) is 11. The van der Waals surface area contributed by atoms with E-state index in [9.17, 15) is 33.0 Å². The van der Waals surface area contributed by atoms with Crippen molar-refractivity contribution in [2.45, 2.75) is 93.0 Å². The molecule has 4 rings (SSSR count). The molecule has 4 amide bonds. The van der Waals surface area contributed by atoms with Crippen molar-refractivity contribution < 1.29 is 47.0 Å². The number of fused-ring (bicyclic) bond motifs is 1. The maximum absolute atomic E-state index is 12.9. The Hall–Kier alpha value is -2.70. The van der Waals surface area contributed by atoms with Gasteiger partial charge in [-0.25, -0.2) is 9.78 Å². The van der Waals surface area contributed by atoms with Crippen LogP contribution in [0.25, 0.3) is 0 Å². The summed E-state index contributed by atoms with van der Waals surface area (Å²) in [5, 5.41) is 32.4. The lowest BCUT2D eigenvalue weighted by Gasteiger charge is -2.42. The molecule has 0 radical (unpaired) electrons. The second-order valence-corrected chi connectivity index (χ2v) is 14.0. The zero-order valence-corrected chi connectivity index (χ0v) is 25.6. The summed E-state index contributed by atoms with van der Waals surface area (Å²) in [6.07, 6.45) is -1.99. The lowest BCUT2D eigenvalue weighted by Crippen LogP contribution is -2.66. The number of aromatic nitrogens is 1. The normalized spacial score (nSPS) is 31.7. The summed E-state index contributed by atoms with van der Waals surface area (Å²) in [5.41, 5.74) is 0. The number of ether oxygens (including phenoxy) is 2. The van der Waals surface area contributed by atoms with Gasteiger partial charge in [0.15, 0.2) is 5.03 Å². The summed E-state index contributed by atoms with van der Waals surface area (Å²) < 4.78 is 43.2. The van der Waals surface area contributed by atoms with Crippen molar-refractivity contribution >= 4 is 39.7 Å². The maximum Gasteiger partial charge on any atom is 0.315 e.